The molecule has 1 N–H and O–H groups in total. The van der Waals surface area contributed by atoms with Crippen LogP contribution in [0.1, 0.15) is 17.4 Å². The van der Waals surface area contributed by atoms with Crippen LogP contribution in [-0.2, 0) is 0 Å². The van der Waals surface area contributed by atoms with E-state index in [0.29, 0.717) is 16.3 Å². The second kappa shape index (κ2) is 6.36. The van der Waals surface area contributed by atoms with Gasteiger partial charge in [0.25, 0.3) is 0 Å². The first-order valence-electron chi connectivity index (χ1n) is 6.80. The zero-order valence-electron chi connectivity index (χ0n) is 11.3. The third-order valence-electron chi connectivity index (χ3n) is 3.68. The van der Waals surface area contributed by atoms with Gasteiger partial charge in [0.2, 0.25) is 0 Å². The van der Waals surface area contributed by atoms with E-state index in [1.54, 1.807) is 18.4 Å². The molecule has 1 atom stereocenters. The average Bonchev–Trinajstić information content (AvgIpc) is 3.02. The molecule has 1 aromatic heterocycles. The van der Waals surface area contributed by atoms with E-state index in [4.69, 9.17) is 27.6 Å². The van der Waals surface area contributed by atoms with Gasteiger partial charge < -0.3 is 9.73 Å². The van der Waals surface area contributed by atoms with E-state index in [0.717, 1.165) is 26.2 Å². The van der Waals surface area contributed by atoms with Crippen LogP contribution in [0.4, 0.5) is 4.39 Å². The SMILES string of the molecule is Fc1c(Cl)ccc(Cl)c1[C@H](c1ccco1)N1CCNCC1. The molecule has 0 saturated carbocycles. The highest BCUT2D eigenvalue weighted by molar-refractivity contribution is 6.33. The van der Waals surface area contributed by atoms with Gasteiger partial charge in [-0.1, -0.05) is 23.2 Å². The van der Waals surface area contributed by atoms with Crippen LogP contribution in [0.3, 0.4) is 0 Å². The lowest BCUT2D eigenvalue weighted by molar-refractivity contribution is 0.177. The molecule has 0 unspecified atom stereocenters. The lowest BCUT2D eigenvalue weighted by Gasteiger charge is -2.34. The Morgan fingerprint density at radius 2 is 1.86 bits per heavy atom. The summed E-state index contributed by atoms with van der Waals surface area (Å²) in [4.78, 5) is 2.15. The van der Waals surface area contributed by atoms with Crippen molar-refractivity contribution in [3.05, 3.63) is 57.7 Å². The lowest BCUT2D eigenvalue weighted by atomic mass is 10.0. The Labute approximate surface area is 132 Å². The summed E-state index contributed by atoms with van der Waals surface area (Å²) in [6.07, 6.45) is 1.58. The topological polar surface area (TPSA) is 28.4 Å². The summed E-state index contributed by atoms with van der Waals surface area (Å²) in [5.41, 5.74) is 0.376. The second-order valence-corrected chi connectivity index (χ2v) is 5.78. The van der Waals surface area contributed by atoms with Crippen molar-refractivity contribution in [1.82, 2.24) is 10.2 Å². The van der Waals surface area contributed by atoms with Gasteiger partial charge in [-0.15, -0.1) is 0 Å². The molecule has 0 spiro atoms. The molecule has 2 aromatic rings. The Balaban J connectivity index is 2.09. The fraction of sp³-hybridized carbons (Fsp3) is 0.333. The van der Waals surface area contributed by atoms with Crippen molar-refractivity contribution in [3.8, 4) is 0 Å². The molecular weight excluding hydrogens is 314 g/mol. The van der Waals surface area contributed by atoms with Gasteiger partial charge >= 0.3 is 0 Å². The highest BCUT2D eigenvalue weighted by Gasteiger charge is 2.31. The Kier molecular flexibility index (Phi) is 4.50. The van der Waals surface area contributed by atoms with Crippen LogP contribution in [0.5, 0.6) is 0 Å². The van der Waals surface area contributed by atoms with Gasteiger partial charge in [-0.3, -0.25) is 4.90 Å². The van der Waals surface area contributed by atoms with Crippen LogP contribution >= 0.6 is 23.2 Å². The normalized spacial score (nSPS) is 17.9. The molecule has 1 aliphatic rings. The summed E-state index contributed by atoms with van der Waals surface area (Å²) < 4.78 is 20.1. The van der Waals surface area contributed by atoms with Crippen molar-refractivity contribution in [2.75, 3.05) is 26.2 Å². The molecule has 0 bridgehead atoms. The summed E-state index contributed by atoms with van der Waals surface area (Å²) in [5, 5.41) is 3.71. The minimum Gasteiger partial charge on any atom is -0.467 e. The smallest absolute Gasteiger partial charge is 0.148 e. The van der Waals surface area contributed by atoms with Gasteiger partial charge in [0, 0.05) is 36.8 Å². The monoisotopic (exact) mass is 328 g/mol. The number of hydrogen-bond acceptors (Lipinski definition) is 3. The molecule has 112 valence electrons. The van der Waals surface area contributed by atoms with Crippen molar-refractivity contribution in [2.24, 2.45) is 0 Å². The fourth-order valence-electron chi connectivity index (χ4n) is 2.69. The van der Waals surface area contributed by atoms with E-state index in [1.807, 2.05) is 6.07 Å². The third-order valence-corrected chi connectivity index (χ3v) is 4.30. The van der Waals surface area contributed by atoms with Crippen LogP contribution in [0.25, 0.3) is 0 Å². The number of benzene rings is 1. The molecule has 1 aliphatic heterocycles. The maximum atomic E-state index is 14.6. The van der Waals surface area contributed by atoms with Crippen molar-refractivity contribution in [1.29, 1.82) is 0 Å². The minimum absolute atomic E-state index is 0.0705. The molecule has 3 nitrogen and oxygen atoms in total. The van der Waals surface area contributed by atoms with Crippen LogP contribution in [0.2, 0.25) is 10.0 Å². The molecule has 1 aromatic carbocycles. The second-order valence-electron chi connectivity index (χ2n) is 4.96. The van der Waals surface area contributed by atoms with E-state index < -0.39 is 5.82 Å². The van der Waals surface area contributed by atoms with Gasteiger partial charge in [0.05, 0.1) is 17.3 Å². The minimum atomic E-state index is -0.482. The molecule has 1 fully saturated rings. The summed E-state index contributed by atoms with van der Waals surface area (Å²) >= 11 is 12.2. The van der Waals surface area contributed by atoms with Gasteiger partial charge in [0.15, 0.2) is 0 Å². The Bertz CT molecular complexity index is 612. The molecule has 0 aliphatic carbocycles. The third kappa shape index (κ3) is 2.94. The summed E-state index contributed by atoms with van der Waals surface area (Å²) in [6.45, 7) is 3.26. The van der Waals surface area contributed by atoms with Crippen molar-refractivity contribution < 1.29 is 8.81 Å². The highest BCUT2D eigenvalue weighted by Crippen LogP contribution is 2.37. The molecule has 3 rings (SSSR count). The number of hydrogen-bond donors (Lipinski definition) is 1. The Morgan fingerprint density at radius 1 is 1.14 bits per heavy atom. The molecule has 1 saturated heterocycles. The molecule has 6 heteroatoms. The van der Waals surface area contributed by atoms with Crippen molar-refractivity contribution in [3.63, 3.8) is 0 Å². The van der Waals surface area contributed by atoms with Crippen molar-refractivity contribution >= 4 is 23.2 Å². The number of furan rings is 1. The highest BCUT2D eigenvalue weighted by atomic mass is 35.5. The number of halogens is 3. The van der Waals surface area contributed by atoms with E-state index in [2.05, 4.69) is 10.2 Å². The summed E-state index contributed by atoms with van der Waals surface area (Å²) in [5.74, 6) is 0.184. The van der Waals surface area contributed by atoms with Crippen LogP contribution in [0, 0.1) is 5.82 Å². The van der Waals surface area contributed by atoms with E-state index >= 15 is 0 Å². The van der Waals surface area contributed by atoms with E-state index in [9.17, 15) is 4.39 Å². The maximum Gasteiger partial charge on any atom is 0.148 e. The van der Waals surface area contributed by atoms with Gasteiger partial charge in [-0.2, -0.15) is 0 Å². The first-order valence-corrected chi connectivity index (χ1v) is 7.55. The van der Waals surface area contributed by atoms with Crippen LogP contribution < -0.4 is 5.32 Å². The first-order chi connectivity index (χ1) is 10.2. The average molecular weight is 329 g/mol. The van der Waals surface area contributed by atoms with Crippen LogP contribution in [0.15, 0.2) is 34.9 Å². The number of rotatable bonds is 3. The summed E-state index contributed by atoms with van der Waals surface area (Å²) in [7, 11) is 0. The van der Waals surface area contributed by atoms with E-state index in [-0.39, 0.29) is 11.1 Å². The Hall–Kier alpha value is -1.07. The predicted molar refractivity (Wildman–Crippen MR) is 81.4 cm³/mol. The molecule has 2 heterocycles. The van der Waals surface area contributed by atoms with E-state index in [1.165, 1.54) is 6.07 Å². The Morgan fingerprint density at radius 3 is 2.52 bits per heavy atom. The quantitative estimate of drug-likeness (QED) is 0.870. The molecule has 21 heavy (non-hydrogen) atoms. The maximum absolute atomic E-state index is 14.6. The predicted octanol–water partition coefficient (Wildman–Crippen LogP) is 3.72. The van der Waals surface area contributed by atoms with Crippen molar-refractivity contribution in [2.45, 2.75) is 6.04 Å². The molecular formula is C15H15Cl2FN2O. The standard InChI is InChI=1S/C15H15Cl2FN2O/c16-10-3-4-11(17)14(18)13(10)15(12-2-1-9-21-12)20-7-5-19-6-8-20/h1-4,9,15,19H,5-8H2/t15-/m0/s1. The lowest BCUT2D eigenvalue weighted by Crippen LogP contribution is -2.45. The first kappa shape index (κ1) is 14.9. The zero-order valence-corrected chi connectivity index (χ0v) is 12.8. The number of nitrogens with one attached hydrogen (secondary N) is 1. The van der Waals surface area contributed by atoms with Crippen LogP contribution in [-0.4, -0.2) is 31.1 Å². The molecule has 0 amide bonds. The number of piperazine rings is 1. The van der Waals surface area contributed by atoms with Gasteiger partial charge in [0.1, 0.15) is 11.6 Å². The van der Waals surface area contributed by atoms with Gasteiger partial charge in [-0.25, -0.2) is 4.39 Å². The summed E-state index contributed by atoms with van der Waals surface area (Å²) in [6, 6.07) is 6.36. The van der Waals surface area contributed by atoms with Gasteiger partial charge in [-0.05, 0) is 24.3 Å². The fourth-order valence-corrected chi connectivity index (χ4v) is 3.10. The number of nitrogens with zero attached hydrogens (tertiary/aromatic N) is 1. The molecule has 0 radical (unpaired) electrons. The largest absolute Gasteiger partial charge is 0.467 e. The zero-order chi connectivity index (χ0) is 14.8.